The molecule has 0 spiro atoms. The van der Waals surface area contributed by atoms with Crippen LogP contribution in [-0.2, 0) is 13.0 Å². The fourth-order valence-electron chi connectivity index (χ4n) is 2.89. The molecule has 0 saturated carbocycles. The molecular formula is C17H27N3O. The van der Waals surface area contributed by atoms with Crippen molar-refractivity contribution < 1.29 is 4.79 Å². The number of aryl methyl sites for hydroxylation is 1. The molecule has 0 radical (unpaired) electrons. The fourth-order valence-corrected chi connectivity index (χ4v) is 2.89. The molecule has 1 N–H and O–H groups in total. The van der Waals surface area contributed by atoms with Gasteiger partial charge in [-0.2, -0.15) is 0 Å². The number of piperidine rings is 1. The zero-order valence-electron chi connectivity index (χ0n) is 13.4. The Bertz CT molecular complexity index is 465. The van der Waals surface area contributed by atoms with Gasteiger partial charge in [0.15, 0.2) is 0 Å². The quantitative estimate of drug-likeness (QED) is 0.924. The van der Waals surface area contributed by atoms with Crippen LogP contribution in [0.4, 0.5) is 4.79 Å². The summed E-state index contributed by atoms with van der Waals surface area (Å²) >= 11 is 0. The Morgan fingerprint density at radius 1 is 1.24 bits per heavy atom. The second-order valence-electron chi connectivity index (χ2n) is 5.94. The third-order valence-electron chi connectivity index (χ3n) is 4.23. The fraction of sp³-hybridized carbons (Fsp3) is 0.588. The molecule has 0 aliphatic carbocycles. The van der Waals surface area contributed by atoms with Crippen molar-refractivity contribution in [1.29, 1.82) is 0 Å². The molecule has 1 heterocycles. The normalized spacial score (nSPS) is 16.0. The monoisotopic (exact) mass is 289 g/mol. The first-order chi connectivity index (χ1) is 10.1. The molecule has 116 valence electrons. The molecule has 4 nitrogen and oxygen atoms in total. The maximum atomic E-state index is 11.9. The van der Waals surface area contributed by atoms with Crippen molar-refractivity contribution in [2.45, 2.75) is 38.8 Å². The predicted molar refractivity (Wildman–Crippen MR) is 86.3 cm³/mol. The third-order valence-corrected chi connectivity index (χ3v) is 4.23. The van der Waals surface area contributed by atoms with E-state index in [1.54, 1.807) is 4.90 Å². The molecule has 2 amide bonds. The lowest BCUT2D eigenvalue weighted by molar-refractivity contribution is 0.152. The molecule has 1 aromatic carbocycles. The van der Waals surface area contributed by atoms with Gasteiger partial charge in [-0.3, -0.25) is 0 Å². The molecular weight excluding hydrogens is 262 g/mol. The van der Waals surface area contributed by atoms with Crippen molar-refractivity contribution in [3.8, 4) is 0 Å². The number of hydrogen-bond acceptors (Lipinski definition) is 2. The summed E-state index contributed by atoms with van der Waals surface area (Å²) in [4.78, 5) is 15.5. The van der Waals surface area contributed by atoms with Gasteiger partial charge in [-0.25, -0.2) is 4.79 Å². The van der Waals surface area contributed by atoms with E-state index in [4.69, 9.17) is 0 Å². The minimum absolute atomic E-state index is 0.129. The summed E-state index contributed by atoms with van der Waals surface area (Å²) in [5.41, 5.74) is 2.82. The molecule has 0 atom stereocenters. The Morgan fingerprint density at radius 3 is 2.43 bits per heavy atom. The molecule has 0 bridgehead atoms. The van der Waals surface area contributed by atoms with Crippen molar-refractivity contribution in [2.24, 2.45) is 0 Å². The summed E-state index contributed by atoms with van der Waals surface area (Å²) < 4.78 is 0. The highest BCUT2D eigenvalue weighted by Gasteiger charge is 2.23. The average molecular weight is 289 g/mol. The number of urea groups is 1. The zero-order valence-corrected chi connectivity index (χ0v) is 13.4. The van der Waals surface area contributed by atoms with E-state index in [-0.39, 0.29) is 6.03 Å². The molecule has 0 unspecified atom stereocenters. The number of hydrogen-bond donors (Lipinski definition) is 1. The largest absolute Gasteiger partial charge is 0.331 e. The molecule has 4 heteroatoms. The Labute approximate surface area is 128 Å². The molecule has 0 aromatic heterocycles. The van der Waals surface area contributed by atoms with Crippen LogP contribution in [0.15, 0.2) is 24.3 Å². The number of nitrogens with one attached hydrogen (secondary N) is 1. The number of carbonyl (C=O) groups is 1. The highest BCUT2D eigenvalue weighted by Crippen LogP contribution is 2.14. The molecule has 2 rings (SSSR count). The predicted octanol–water partition coefficient (Wildman–Crippen LogP) is 2.48. The van der Waals surface area contributed by atoms with Crippen molar-refractivity contribution in [2.75, 3.05) is 27.2 Å². The van der Waals surface area contributed by atoms with Crippen LogP contribution in [0.3, 0.4) is 0 Å². The zero-order chi connectivity index (χ0) is 15.2. The first kappa shape index (κ1) is 15.8. The number of rotatable bonds is 4. The second kappa shape index (κ2) is 7.46. The highest BCUT2D eigenvalue weighted by atomic mass is 16.2. The summed E-state index contributed by atoms with van der Waals surface area (Å²) in [5.74, 6) is 0. The number of likely N-dealkylation sites (tertiary alicyclic amines) is 1. The second-order valence-corrected chi connectivity index (χ2v) is 5.94. The number of benzene rings is 1. The first-order valence-electron chi connectivity index (χ1n) is 7.88. The lowest BCUT2D eigenvalue weighted by atomic mass is 10.0. The van der Waals surface area contributed by atoms with Crippen molar-refractivity contribution in [1.82, 2.24) is 15.1 Å². The van der Waals surface area contributed by atoms with Gasteiger partial charge in [0.05, 0.1) is 0 Å². The summed E-state index contributed by atoms with van der Waals surface area (Å²) in [7, 11) is 3.63. The number of amides is 2. The van der Waals surface area contributed by atoms with Gasteiger partial charge in [-0.05, 0) is 30.4 Å². The van der Waals surface area contributed by atoms with Crippen LogP contribution < -0.4 is 5.32 Å². The van der Waals surface area contributed by atoms with Gasteiger partial charge in [-0.1, -0.05) is 31.2 Å². The average Bonchev–Trinajstić information content (AvgIpc) is 2.52. The van der Waals surface area contributed by atoms with Gasteiger partial charge in [0.25, 0.3) is 0 Å². The van der Waals surface area contributed by atoms with E-state index in [1.165, 1.54) is 11.1 Å². The van der Waals surface area contributed by atoms with E-state index in [0.717, 1.165) is 38.9 Å². The summed E-state index contributed by atoms with van der Waals surface area (Å²) in [6, 6.07) is 9.26. The molecule has 1 saturated heterocycles. The van der Waals surface area contributed by atoms with Crippen LogP contribution in [0.5, 0.6) is 0 Å². The highest BCUT2D eigenvalue weighted by molar-refractivity contribution is 5.73. The Kier molecular flexibility index (Phi) is 5.62. The van der Waals surface area contributed by atoms with Crippen LogP contribution in [0.2, 0.25) is 0 Å². The first-order valence-corrected chi connectivity index (χ1v) is 7.88. The third kappa shape index (κ3) is 4.21. The van der Waals surface area contributed by atoms with Crippen molar-refractivity contribution in [3.63, 3.8) is 0 Å². The van der Waals surface area contributed by atoms with E-state index in [9.17, 15) is 4.79 Å². The SMILES string of the molecule is CCc1ccccc1CNC1CCN(C(=O)N(C)C)CC1. The molecule has 21 heavy (non-hydrogen) atoms. The summed E-state index contributed by atoms with van der Waals surface area (Å²) in [6.45, 7) is 4.83. The smallest absolute Gasteiger partial charge is 0.319 e. The molecule has 1 fully saturated rings. The number of carbonyl (C=O) groups excluding carboxylic acids is 1. The number of nitrogens with zero attached hydrogens (tertiary/aromatic N) is 2. The lowest BCUT2D eigenvalue weighted by Crippen LogP contribution is -2.47. The Hall–Kier alpha value is -1.55. The van der Waals surface area contributed by atoms with E-state index in [1.807, 2.05) is 19.0 Å². The van der Waals surface area contributed by atoms with Crippen molar-refractivity contribution >= 4 is 6.03 Å². The van der Waals surface area contributed by atoms with Crippen LogP contribution in [-0.4, -0.2) is 49.1 Å². The van der Waals surface area contributed by atoms with Gasteiger partial charge in [-0.15, -0.1) is 0 Å². The standard InChI is InChI=1S/C17H27N3O/c1-4-14-7-5-6-8-15(14)13-18-16-9-11-20(12-10-16)17(21)19(2)3/h5-8,16,18H,4,9-13H2,1-3H3. The van der Waals surface area contributed by atoms with Crippen LogP contribution in [0.1, 0.15) is 30.9 Å². The lowest BCUT2D eigenvalue weighted by Gasteiger charge is -2.34. The van der Waals surface area contributed by atoms with E-state index < -0.39 is 0 Å². The Balaban J connectivity index is 1.80. The molecule has 1 aliphatic rings. The molecule has 1 aromatic rings. The van der Waals surface area contributed by atoms with Gasteiger partial charge < -0.3 is 15.1 Å². The van der Waals surface area contributed by atoms with Gasteiger partial charge >= 0.3 is 6.03 Å². The van der Waals surface area contributed by atoms with E-state index in [0.29, 0.717) is 6.04 Å². The van der Waals surface area contributed by atoms with Gasteiger partial charge in [0.1, 0.15) is 0 Å². The maximum Gasteiger partial charge on any atom is 0.319 e. The van der Waals surface area contributed by atoms with Crippen LogP contribution >= 0.6 is 0 Å². The minimum atomic E-state index is 0.129. The topological polar surface area (TPSA) is 35.6 Å². The van der Waals surface area contributed by atoms with Crippen LogP contribution in [0, 0.1) is 0 Å². The van der Waals surface area contributed by atoms with Gasteiger partial charge in [0.2, 0.25) is 0 Å². The minimum Gasteiger partial charge on any atom is -0.331 e. The molecule has 1 aliphatic heterocycles. The summed E-state index contributed by atoms with van der Waals surface area (Å²) in [6.07, 6.45) is 3.15. The van der Waals surface area contributed by atoms with Gasteiger partial charge in [0, 0.05) is 39.8 Å². The van der Waals surface area contributed by atoms with E-state index >= 15 is 0 Å². The summed E-state index contributed by atoms with van der Waals surface area (Å²) in [5, 5.41) is 3.65. The Morgan fingerprint density at radius 2 is 1.86 bits per heavy atom. The van der Waals surface area contributed by atoms with Crippen LogP contribution in [0.25, 0.3) is 0 Å². The van der Waals surface area contributed by atoms with E-state index in [2.05, 4.69) is 36.5 Å². The maximum absolute atomic E-state index is 11.9. The van der Waals surface area contributed by atoms with Crippen molar-refractivity contribution in [3.05, 3.63) is 35.4 Å².